The van der Waals surface area contributed by atoms with Crippen molar-refractivity contribution in [2.75, 3.05) is 5.88 Å². The molecule has 2 nitrogen and oxygen atoms in total. The molecule has 3 heteroatoms. The van der Waals surface area contributed by atoms with Crippen LogP contribution < -0.4 is 5.32 Å². The van der Waals surface area contributed by atoms with Gasteiger partial charge in [-0.1, -0.05) is 33.6 Å². The zero-order valence-electron chi connectivity index (χ0n) is 10.0. The molecule has 1 amide bonds. The Morgan fingerprint density at radius 3 is 2.27 bits per heavy atom. The van der Waals surface area contributed by atoms with Gasteiger partial charge in [0.05, 0.1) is 5.54 Å². The Labute approximate surface area is 97.8 Å². The lowest BCUT2D eigenvalue weighted by molar-refractivity contribution is -0.124. The molecule has 1 saturated carbocycles. The molecule has 0 atom stereocenters. The predicted molar refractivity (Wildman–Crippen MR) is 64.1 cm³/mol. The van der Waals surface area contributed by atoms with Gasteiger partial charge < -0.3 is 5.32 Å². The van der Waals surface area contributed by atoms with E-state index < -0.39 is 0 Å². The summed E-state index contributed by atoms with van der Waals surface area (Å²) in [4.78, 5) is 11.8. The lowest BCUT2D eigenvalue weighted by Crippen LogP contribution is -2.48. The summed E-state index contributed by atoms with van der Waals surface area (Å²) in [6.45, 7) is 6.23. The van der Waals surface area contributed by atoms with E-state index in [1.165, 1.54) is 12.8 Å². The highest BCUT2D eigenvalue weighted by molar-refractivity contribution is 6.18. The highest BCUT2D eigenvalue weighted by Crippen LogP contribution is 2.31. The molecule has 1 aliphatic rings. The van der Waals surface area contributed by atoms with Crippen LogP contribution in [0.15, 0.2) is 0 Å². The summed E-state index contributed by atoms with van der Waals surface area (Å²) in [5, 5.41) is 3.13. The monoisotopic (exact) mass is 231 g/mol. The highest BCUT2D eigenvalue weighted by atomic mass is 35.5. The summed E-state index contributed by atoms with van der Waals surface area (Å²) >= 11 is 5.97. The van der Waals surface area contributed by atoms with Crippen LogP contribution in [0.5, 0.6) is 0 Å². The van der Waals surface area contributed by atoms with E-state index in [4.69, 9.17) is 11.6 Å². The first-order valence-corrected chi connectivity index (χ1v) is 6.27. The number of alkyl halides is 1. The number of rotatable bonds is 3. The summed E-state index contributed by atoms with van der Waals surface area (Å²) in [5.74, 6) is 0.688. The Kier molecular flexibility index (Phi) is 4.05. The van der Waals surface area contributed by atoms with E-state index in [1.54, 1.807) is 0 Å². The van der Waals surface area contributed by atoms with Gasteiger partial charge in [-0.2, -0.15) is 0 Å². The van der Waals surface area contributed by atoms with Gasteiger partial charge >= 0.3 is 0 Å². The van der Waals surface area contributed by atoms with Crippen LogP contribution >= 0.6 is 11.6 Å². The van der Waals surface area contributed by atoms with E-state index in [2.05, 4.69) is 26.1 Å². The van der Waals surface area contributed by atoms with Crippen LogP contribution in [0.2, 0.25) is 0 Å². The molecule has 1 rings (SSSR count). The van der Waals surface area contributed by atoms with Crippen LogP contribution in [0.25, 0.3) is 0 Å². The summed E-state index contributed by atoms with van der Waals surface area (Å²) in [6.07, 6.45) is 5.01. The number of nitrogens with one attached hydrogen (secondary N) is 1. The number of carbonyl (C=O) groups is 1. The van der Waals surface area contributed by atoms with Gasteiger partial charge in [-0.05, 0) is 18.3 Å². The number of hydrogen-bond donors (Lipinski definition) is 1. The lowest BCUT2D eigenvalue weighted by atomic mass is 9.91. The predicted octanol–water partition coefficient (Wildman–Crippen LogP) is 3.09. The smallest absolute Gasteiger partial charge is 0.220 e. The highest BCUT2D eigenvalue weighted by Gasteiger charge is 2.34. The van der Waals surface area contributed by atoms with Crippen LogP contribution in [-0.4, -0.2) is 17.3 Å². The van der Waals surface area contributed by atoms with Gasteiger partial charge in [0, 0.05) is 12.3 Å². The van der Waals surface area contributed by atoms with Gasteiger partial charge in [0.25, 0.3) is 0 Å². The molecule has 1 fully saturated rings. The first kappa shape index (κ1) is 12.8. The molecule has 1 aliphatic carbocycles. The molecule has 0 bridgehead atoms. The van der Waals surface area contributed by atoms with Crippen LogP contribution in [0.1, 0.15) is 52.9 Å². The first-order valence-electron chi connectivity index (χ1n) is 5.74. The second-order valence-corrected chi connectivity index (χ2v) is 6.17. The maximum absolute atomic E-state index is 11.8. The van der Waals surface area contributed by atoms with Crippen molar-refractivity contribution in [3.8, 4) is 0 Å². The van der Waals surface area contributed by atoms with Crippen molar-refractivity contribution in [3.63, 3.8) is 0 Å². The number of amides is 1. The minimum atomic E-state index is -0.107. The van der Waals surface area contributed by atoms with Crippen molar-refractivity contribution in [3.05, 3.63) is 0 Å². The van der Waals surface area contributed by atoms with Gasteiger partial charge in [-0.15, -0.1) is 11.6 Å². The average molecular weight is 232 g/mol. The van der Waals surface area contributed by atoms with Crippen molar-refractivity contribution >= 4 is 17.5 Å². The van der Waals surface area contributed by atoms with Crippen LogP contribution in [0, 0.1) is 5.41 Å². The maximum atomic E-state index is 11.8. The van der Waals surface area contributed by atoms with E-state index in [1.807, 2.05) is 0 Å². The van der Waals surface area contributed by atoms with Crippen molar-refractivity contribution in [1.29, 1.82) is 0 Å². The Morgan fingerprint density at radius 1 is 1.33 bits per heavy atom. The third-order valence-electron chi connectivity index (χ3n) is 2.91. The minimum absolute atomic E-state index is 0.0518. The van der Waals surface area contributed by atoms with E-state index in [0.717, 1.165) is 12.8 Å². The van der Waals surface area contributed by atoms with Gasteiger partial charge in [0.1, 0.15) is 0 Å². The van der Waals surface area contributed by atoms with E-state index in [9.17, 15) is 4.79 Å². The van der Waals surface area contributed by atoms with Crippen molar-refractivity contribution in [1.82, 2.24) is 5.32 Å². The third-order valence-corrected chi connectivity index (χ3v) is 3.42. The topological polar surface area (TPSA) is 29.1 Å². The van der Waals surface area contributed by atoms with Gasteiger partial charge in [0.2, 0.25) is 5.91 Å². The summed E-state index contributed by atoms with van der Waals surface area (Å²) in [6, 6.07) is 0. The fourth-order valence-corrected chi connectivity index (χ4v) is 2.50. The Bertz CT molecular complexity index is 226. The first-order chi connectivity index (χ1) is 6.87. The molecule has 0 unspecified atom stereocenters. The largest absolute Gasteiger partial charge is 0.349 e. The summed E-state index contributed by atoms with van der Waals surface area (Å²) in [5.41, 5.74) is -0.0555. The molecular weight excluding hydrogens is 210 g/mol. The molecule has 0 aromatic carbocycles. The SMILES string of the molecule is CC(C)(C)CC(=O)NC1(CCl)CCCC1. The number of hydrogen-bond acceptors (Lipinski definition) is 1. The zero-order valence-corrected chi connectivity index (χ0v) is 10.8. The van der Waals surface area contributed by atoms with Crippen molar-refractivity contribution in [2.24, 2.45) is 5.41 Å². The molecular formula is C12H22ClNO. The van der Waals surface area contributed by atoms with Gasteiger partial charge in [-0.25, -0.2) is 0 Å². The zero-order chi connectivity index (χ0) is 11.5. The lowest BCUT2D eigenvalue weighted by Gasteiger charge is -2.29. The maximum Gasteiger partial charge on any atom is 0.220 e. The average Bonchev–Trinajstić information content (AvgIpc) is 2.50. The van der Waals surface area contributed by atoms with Crippen LogP contribution in [-0.2, 0) is 4.79 Å². The molecule has 88 valence electrons. The van der Waals surface area contributed by atoms with E-state index >= 15 is 0 Å². The third kappa shape index (κ3) is 4.02. The Hall–Kier alpha value is -0.240. The fraction of sp³-hybridized carbons (Fsp3) is 0.917. The summed E-state index contributed by atoms with van der Waals surface area (Å²) < 4.78 is 0. The Balaban J connectivity index is 2.49. The van der Waals surface area contributed by atoms with Crippen LogP contribution in [0.4, 0.5) is 0 Å². The fourth-order valence-electron chi connectivity index (χ4n) is 2.17. The second kappa shape index (κ2) is 4.73. The van der Waals surface area contributed by atoms with Crippen LogP contribution in [0.3, 0.4) is 0 Å². The molecule has 15 heavy (non-hydrogen) atoms. The van der Waals surface area contributed by atoms with E-state index in [-0.39, 0.29) is 16.9 Å². The van der Waals surface area contributed by atoms with Gasteiger partial charge in [-0.3, -0.25) is 4.79 Å². The quantitative estimate of drug-likeness (QED) is 0.744. The molecule has 0 aromatic rings. The molecule has 0 aliphatic heterocycles. The van der Waals surface area contributed by atoms with E-state index in [0.29, 0.717) is 12.3 Å². The standard InChI is InChI=1S/C12H22ClNO/c1-11(2,3)8-10(15)14-12(9-13)6-4-5-7-12/h4-9H2,1-3H3,(H,14,15). The van der Waals surface area contributed by atoms with Crippen molar-refractivity contribution in [2.45, 2.75) is 58.4 Å². The Morgan fingerprint density at radius 2 is 1.87 bits per heavy atom. The molecule has 0 saturated heterocycles. The van der Waals surface area contributed by atoms with Crippen molar-refractivity contribution < 1.29 is 4.79 Å². The molecule has 1 N–H and O–H groups in total. The molecule has 0 heterocycles. The normalized spacial score (nSPS) is 20.3. The molecule has 0 spiro atoms. The number of carbonyl (C=O) groups excluding carboxylic acids is 1. The summed E-state index contributed by atoms with van der Waals surface area (Å²) in [7, 11) is 0. The van der Waals surface area contributed by atoms with Gasteiger partial charge in [0.15, 0.2) is 0 Å². The second-order valence-electron chi connectivity index (χ2n) is 5.91. The molecule has 0 aromatic heterocycles. The molecule has 0 radical (unpaired) electrons. The number of halogens is 1. The minimum Gasteiger partial charge on any atom is -0.349 e.